The van der Waals surface area contributed by atoms with Crippen LogP contribution >= 0.6 is 0 Å². The highest BCUT2D eigenvalue weighted by molar-refractivity contribution is 5.57. The minimum atomic E-state index is 0.643. The molecule has 2 rings (SSSR count). The fourth-order valence-electron chi connectivity index (χ4n) is 2.08. The van der Waals surface area contributed by atoms with Gasteiger partial charge in [0.05, 0.1) is 26.5 Å². The number of para-hydroxylation sites is 2. The van der Waals surface area contributed by atoms with E-state index in [-0.39, 0.29) is 0 Å². The van der Waals surface area contributed by atoms with E-state index < -0.39 is 0 Å². The minimum absolute atomic E-state index is 0.643. The Morgan fingerprint density at radius 2 is 1.76 bits per heavy atom. The lowest BCUT2D eigenvalue weighted by Crippen LogP contribution is -2.04. The molecule has 0 atom stereocenters. The molecule has 0 saturated heterocycles. The van der Waals surface area contributed by atoms with Crippen molar-refractivity contribution < 1.29 is 14.2 Å². The van der Waals surface area contributed by atoms with Gasteiger partial charge in [0.15, 0.2) is 0 Å². The van der Waals surface area contributed by atoms with Crippen molar-refractivity contribution in [3.8, 4) is 17.2 Å². The maximum absolute atomic E-state index is 5.60. The third-order valence-corrected chi connectivity index (χ3v) is 3.15. The standard InChI is InChI=1S/C17H21NO3/c1-4-21-16-8-6-5-7-15(16)18-12-13-9-10-14(19-2)11-17(13)20-3/h5-11,18H,4,12H2,1-3H3. The predicted octanol–water partition coefficient (Wildman–Crippen LogP) is 3.71. The lowest BCUT2D eigenvalue weighted by molar-refractivity contribution is 0.341. The molecule has 112 valence electrons. The summed E-state index contributed by atoms with van der Waals surface area (Å²) in [6.07, 6.45) is 0. The van der Waals surface area contributed by atoms with Gasteiger partial charge in [-0.1, -0.05) is 12.1 Å². The van der Waals surface area contributed by atoms with Crippen LogP contribution in [0.2, 0.25) is 0 Å². The molecule has 0 aliphatic rings. The van der Waals surface area contributed by atoms with Gasteiger partial charge in [-0.05, 0) is 31.2 Å². The van der Waals surface area contributed by atoms with Crippen molar-refractivity contribution >= 4 is 5.69 Å². The van der Waals surface area contributed by atoms with Crippen molar-refractivity contribution in [2.24, 2.45) is 0 Å². The smallest absolute Gasteiger partial charge is 0.142 e. The van der Waals surface area contributed by atoms with Gasteiger partial charge >= 0.3 is 0 Å². The van der Waals surface area contributed by atoms with Crippen molar-refractivity contribution in [2.45, 2.75) is 13.5 Å². The lowest BCUT2D eigenvalue weighted by Gasteiger charge is -2.14. The second-order valence-electron chi connectivity index (χ2n) is 4.46. The van der Waals surface area contributed by atoms with Gasteiger partial charge in [0, 0.05) is 18.2 Å². The van der Waals surface area contributed by atoms with Crippen LogP contribution in [0.3, 0.4) is 0 Å². The van der Waals surface area contributed by atoms with Crippen LogP contribution in [0.15, 0.2) is 42.5 Å². The van der Waals surface area contributed by atoms with Gasteiger partial charge < -0.3 is 19.5 Å². The molecule has 21 heavy (non-hydrogen) atoms. The van der Waals surface area contributed by atoms with Crippen LogP contribution in [0.1, 0.15) is 12.5 Å². The first-order chi connectivity index (χ1) is 10.3. The number of ether oxygens (including phenoxy) is 3. The SMILES string of the molecule is CCOc1ccccc1NCc1ccc(OC)cc1OC. The number of hydrogen-bond donors (Lipinski definition) is 1. The van der Waals surface area contributed by atoms with Crippen molar-refractivity contribution in [3.63, 3.8) is 0 Å². The van der Waals surface area contributed by atoms with Gasteiger partial charge in [0.1, 0.15) is 17.2 Å². The molecule has 4 heteroatoms. The molecular formula is C17H21NO3. The van der Waals surface area contributed by atoms with Crippen molar-refractivity contribution in [1.29, 1.82) is 0 Å². The molecule has 0 fully saturated rings. The van der Waals surface area contributed by atoms with Crippen molar-refractivity contribution in [1.82, 2.24) is 0 Å². The normalized spacial score (nSPS) is 10.0. The fraction of sp³-hybridized carbons (Fsp3) is 0.294. The molecule has 0 amide bonds. The molecule has 0 bridgehead atoms. The van der Waals surface area contributed by atoms with Gasteiger partial charge in [0.25, 0.3) is 0 Å². The topological polar surface area (TPSA) is 39.7 Å². The summed E-state index contributed by atoms with van der Waals surface area (Å²) in [5.41, 5.74) is 2.03. The molecule has 2 aromatic carbocycles. The van der Waals surface area contributed by atoms with Crippen LogP contribution in [0.5, 0.6) is 17.2 Å². The summed E-state index contributed by atoms with van der Waals surface area (Å²) in [5.74, 6) is 2.44. The first kappa shape index (κ1) is 15.0. The molecule has 0 heterocycles. The first-order valence-electron chi connectivity index (χ1n) is 6.95. The molecule has 0 aromatic heterocycles. The quantitative estimate of drug-likeness (QED) is 0.842. The highest BCUT2D eigenvalue weighted by Crippen LogP contribution is 2.28. The van der Waals surface area contributed by atoms with E-state index in [2.05, 4.69) is 5.32 Å². The van der Waals surface area contributed by atoms with E-state index in [9.17, 15) is 0 Å². The van der Waals surface area contributed by atoms with Crippen LogP contribution in [0.4, 0.5) is 5.69 Å². The summed E-state index contributed by atoms with van der Waals surface area (Å²) < 4.78 is 16.2. The average Bonchev–Trinajstić information content (AvgIpc) is 2.54. The summed E-state index contributed by atoms with van der Waals surface area (Å²) in [5, 5.41) is 3.38. The van der Waals surface area contributed by atoms with Gasteiger partial charge in [-0.15, -0.1) is 0 Å². The van der Waals surface area contributed by atoms with Crippen LogP contribution < -0.4 is 19.5 Å². The van der Waals surface area contributed by atoms with Crippen LogP contribution in [0, 0.1) is 0 Å². The zero-order valence-electron chi connectivity index (χ0n) is 12.7. The Balaban J connectivity index is 2.13. The van der Waals surface area contributed by atoms with Gasteiger partial charge in [-0.3, -0.25) is 0 Å². The summed E-state index contributed by atoms with van der Waals surface area (Å²) in [7, 11) is 3.30. The highest BCUT2D eigenvalue weighted by atomic mass is 16.5. The third-order valence-electron chi connectivity index (χ3n) is 3.15. The Morgan fingerprint density at radius 1 is 0.952 bits per heavy atom. The summed E-state index contributed by atoms with van der Waals surface area (Å²) in [4.78, 5) is 0. The summed E-state index contributed by atoms with van der Waals surface area (Å²) in [6, 6.07) is 13.7. The number of benzene rings is 2. The first-order valence-corrected chi connectivity index (χ1v) is 6.95. The highest BCUT2D eigenvalue weighted by Gasteiger charge is 2.07. The summed E-state index contributed by atoms with van der Waals surface area (Å²) >= 11 is 0. The van der Waals surface area contributed by atoms with E-state index in [1.807, 2.05) is 49.4 Å². The van der Waals surface area contributed by atoms with E-state index in [0.29, 0.717) is 13.2 Å². The Kier molecular flexibility index (Phi) is 5.32. The molecule has 0 aliphatic heterocycles. The van der Waals surface area contributed by atoms with Crippen molar-refractivity contribution in [3.05, 3.63) is 48.0 Å². The molecule has 1 N–H and O–H groups in total. The second kappa shape index (κ2) is 7.43. The minimum Gasteiger partial charge on any atom is -0.497 e. The Bertz CT molecular complexity index is 584. The molecule has 0 spiro atoms. The lowest BCUT2D eigenvalue weighted by atomic mass is 10.2. The van der Waals surface area contributed by atoms with E-state index in [0.717, 1.165) is 28.5 Å². The van der Waals surface area contributed by atoms with Gasteiger partial charge in [-0.2, -0.15) is 0 Å². The number of methoxy groups -OCH3 is 2. The Labute approximate surface area is 125 Å². The Morgan fingerprint density at radius 3 is 2.48 bits per heavy atom. The van der Waals surface area contributed by atoms with Crippen LogP contribution in [0.25, 0.3) is 0 Å². The molecule has 0 radical (unpaired) electrons. The number of anilines is 1. The average molecular weight is 287 g/mol. The largest absolute Gasteiger partial charge is 0.497 e. The second-order valence-corrected chi connectivity index (χ2v) is 4.46. The number of hydrogen-bond acceptors (Lipinski definition) is 4. The zero-order chi connectivity index (χ0) is 15.1. The molecular weight excluding hydrogens is 266 g/mol. The molecule has 4 nitrogen and oxygen atoms in total. The molecule has 0 aliphatic carbocycles. The van der Waals surface area contributed by atoms with Crippen LogP contribution in [-0.4, -0.2) is 20.8 Å². The number of rotatable bonds is 7. The molecule has 0 saturated carbocycles. The third kappa shape index (κ3) is 3.81. The van der Waals surface area contributed by atoms with Crippen molar-refractivity contribution in [2.75, 3.05) is 26.1 Å². The van der Waals surface area contributed by atoms with Gasteiger partial charge in [0.2, 0.25) is 0 Å². The zero-order valence-corrected chi connectivity index (χ0v) is 12.7. The summed E-state index contributed by atoms with van der Waals surface area (Å²) in [6.45, 7) is 3.27. The van der Waals surface area contributed by atoms with E-state index >= 15 is 0 Å². The van der Waals surface area contributed by atoms with E-state index in [1.54, 1.807) is 14.2 Å². The van der Waals surface area contributed by atoms with Gasteiger partial charge in [-0.25, -0.2) is 0 Å². The molecule has 2 aromatic rings. The van der Waals surface area contributed by atoms with E-state index in [1.165, 1.54) is 0 Å². The molecule has 0 unspecified atom stereocenters. The predicted molar refractivity (Wildman–Crippen MR) is 84.5 cm³/mol. The maximum Gasteiger partial charge on any atom is 0.142 e. The maximum atomic E-state index is 5.60. The monoisotopic (exact) mass is 287 g/mol. The van der Waals surface area contributed by atoms with E-state index in [4.69, 9.17) is 14.2 Å². The Hall–Kier alpha value is -2.36. The van der Waals surface area contributed by atoms with Crippen LogP contribution in [-0.2, 0) is 6.54 Å². The fourth-order valence-corrected chi connectivity index (χ4v) is 2.08. The number of nitrogens with one attached hydrogen (secondary N) is 1.